The Morgan fingerprint density at radius 1 is 0.698 bits per heavy atom. The first-order valence-electron chi connectivity index (χ1n) is 16.4. The quantitative estimate of drug-likeness (QED) is 0.116. The molecule has 0 saturated heterocycles. The molecule has 0 fully saturated rings. The highest BCUT2D eigenvalue weighted by molar-refractivity contribution is 7.85. The highest BCUT2D eigenvalue weighted by atomic mass is 35.5. The molecule has 8 rings (SSSR count). The minimum absolute atomic E-state index is 0.0684. The van der Waals surface area contributed by atoms with E-state index in [4.69, 9.17) is 46.4 Å². The van der Waals surface area contributed by atoms with Gasteiger partial charge in [-0.25, -0.2) is 18.1 Å². The van der Waals surface area contributed by atoms with Gasteiger partial charge in [-0.2, -0.15) is 18.6 Å². The van der Waals surface area contributed by atoms with Gasteiger partial charge in [0.05, 0.1) is 37.7 Å². The Morgan fingerprint density at radius 2 is 1.21 bits per heavy atom. The van der Waals surface area contributed by atoms with Crippen LogP contribution in [0.1, 0.15) is 52.9 Å². The van der Waals surface area contributed by atoms with E-state index < -0.39 is 21.8 Å². The Kier molecular flexibility index (Phi) is 9.33. The summed E-state index contributed by atoms with van der Waals surface area (Å²) in [4.78, 5) is -0.265. The Hall–Kier alpha value is -4.29. The van der Waals surface area contributed by atoms with Crippen molar-refractivity contribution in [3.05, 3.63) is 145 Å². The van der Waals surface area contributed by atoms with Gasteiger partial charge in [-0.05, 0) is 91.1 Å². The van der Waals surface area contributed by atoms with Crippen LogP contribution in [0, 0.1) is 0 Å². The van der Waals surface area contributed by atoms with Crippen molar-refractivity contribution < 1.29 is 21.8 Å². The van der Waals surface area contributed by atoms with E-state index in [1.165, 1.54) is 29.0 Å². The minimum Gasteiger partial charge on any atom is -0.282 e. The zero-order valence-electron chi connectivity index (χ0n) is 27.4. The number of fused-ring (bicyclic) bond motifs is 6. The molecule has 2 aliphatic rings. The van der Waals surface area contributed by atoms with Crippen molar-refractivity contribution in [3.63, 3.8) is 0 Å². The molecule has 7 nitrogen and oxygen atoms in total. The number of hydrogen-bond donors (Lipinski definition) is 1. The number of hydrogen-bond acceptors (Lipinski definition) is 4. The molecular formula is C39H26Cl4F2N4O3S. The Labute approximate surface area is 323 Å². The van der Waals surface area contributed by atoms with E-state index in [9.17, 15) is 13.0 Å². The SMILES string of the molecule is O=S(=O)(O)c1ccc2c(c1)Cc1c(/C(F)=C/CCC/C=C(\F)c3nn(-c4ccc(Cl)cc4Cl)c4c3Cc3ccccc3-4)nn(-c3ccc(Cl)cc3Cl)c1-2. The zero-order valence-corrected chi connectivity index (χ0v) is 31.3. The molecule has 1 N–H and O–H groups in total. The third-order valence-electron chi connectivity index (χ3n) is 9.39. The lowest BCUT2D eigenvalue weighted by Crippen LogP contribution is -2.02. The molecule has 2 heterocycles. The lowest BCUT2D eigenvalue weighted by molar-refractivity contribution is 0.483. The number of halogens is 6. The number of aromatic nitrogens is 4. The molecule has 2 aromatic heterocycles. The number of unbranched alkanes of at least 4 members (excludes halogenated alkanes) is 2. The van der Waals surface area contributed by atoms with Crippen LogP contribution in [-0.4, -0.2) is 32.5 Å². The fourth-order valence-electron chi connectivity index (χ4n) is 6.99. The van der Waals surface area contributed by atoms with Crippen molar-refractivity contribution in [1.29, 1.82) is 0 Å². The van der Waals surface area contributed by atoms with Gasteiger partial charge in [0.1, 0.15) is 23.0 Å². The first kappa shape index (κ1) is 35.7. The second-order valence-electron chi connectivity index (χ2n) is 12.7. The fraction of sp³-hybridized carbons (Fsp3) is 0.128. The summed E-state index contributed by atoms with van der Waals surface area (Å²) in [6.07, 6.45) is 4.56. The van der Waals surface area contributed by atoms with Gasteiger partial charge in [0.2, 0.25) is 0 Å². The average molecular weight is 811 g/mol. The predicted molar refractivity (Wildman–Crippen MR) is 205 cm³/mol. The van der Waals surface area contributed by atoms with Gasteiger partial charge >= 0.3 is 0 Å². The van der Waals surface area contributed by atoms with Crippen LogP contribution in [0.15, 0.2) is 95.9 Å². The fourth-order valence-corrected chi connectivity index (χ4v) is 8.50. The van der Waals surface area contributed by atoms with Crippen molar-refractivity contribution in [1.82, 2.24) is 19.6 Å². The highest BCUT2D eigenvalue weighted by Gasteiger charge is 2.32. The molecule has 0 aliphatic heterocycles. The molecule has 0 atom stereocenters. The molecular weight excluding hydrogens is 784 g/mol. The van der Waals surface area contributed by atoms with Crippen molar-refractivity contribution >= 4 is 68.2 Å². The van der Waals surface area contributed by atoms with Crippen molar-refractivity contribution in [2.45, 2.75) is 37.0 Å². The van der Waals surface area contributed by atoms with Crippen LogP contribution in [0.2, 0.25) is 20.1 Å². The highest BCUT2D eigenvalue weighted by Crippen LogP contribution is 2.45. The van der Waals surface area contributed by atoms with E-state index in [1.807, 2.05) is 24.3 Å². The molecule has 0 bridgehead atoms. The van der Waals surface area contributed by atoms with E-state index in [1.54, 1.807) is 47.1 Å². The van der Waals surface area contributed by atoms with Gasteiger partial charge in [-0.15, -0.1) is 0 Å². The van der Waals surface area contributed by atoms with Gasteiger partial charge in [0, 0.05) is 45.1 Å². The Bertz CT molecular complexity index is 2670. The van der Waals surface area contributed by atoms with E-state index in [2.05, 4.69) is 10.2 Å². The summed E-state index contributed by atoms with van der Waals surface area (Å²) in [5.41, 5.74) is 7.15. The van der Waals surface area contributed by atoms with E-state index in [0.29, 0.717) is 68.1 Å². The lowest BCUT2D eigenvalue weighted by Gasteiger charge is -2.10. The lowest BCUT2D eigenvalue weighted by atomic mass is 10.1. The van der Waals surface area contributed by atoms with Crippen LogP contribution in [0.3, 0.4) is 0 Å². The zero-order chi connectivity index (χ0) is 37.2. The van der Waals surface area contributed by atoms with Gasteiger partial charge in [-0.1, -0.05) is 76.7 Å². The molecule has 0 amide bonds. The van der Waals surface area contributed by atoms with Crippen LogP contribution in [-0.2, 0) is 23.0 Å². The van der Waals surface area contributed by atoms with Crippen molar-refractivity contribution in [3.8, 4) is 33.9 Å². The van der Waals surface area contributed by atoms with E-state index in [-0.39, 0.29) is 34.1 Å². The van der Waals surface area contributed by atoms with E-state index in [0.717, 1.165) is 22.4 Å². The maximum Gasteiger partial charge on any atom is 0.294 e. The first-order valence-corrected chi connectivity index (χ1v) is 19.4. The molecule has 0 saturated carbocycles. The monoisotopic (exact) mass is 808 g/mol. The van der Waals surface area contributed by atoms with E-state index >= 15 is 8.78 Å². The van der Waals surface area contributed by atoms with Crippen LogP contribution in [0.25, 0.3) is 45.5 Å². The topological polar surface area (TPSA) is 90.0 Å². The maximum atomic E-state index is 16.0. The summed E-state index contributed by atoms with van der Waals surface area (Å²) in [5, 5.41) is 10.8. The number of rotatable bonds is 9. The molecule has 6 aromatic rings. The van der Waals surface area contributed by atoms with Crippen molar-refractivity contribution in [2.75, 3.05) is 0 Å². The minimum atomic E-state index is -4.46. The second-order valence-corrected chi connectivity index (χ2v) is 15.8. The van der Waals surface area contributed by atoms with Crippen molar-refractivity contribution in [2.24, 2.45) is 0 Å². The Morgan fingerprint density at radius 3 is 1.74 bits per heavy atom. The standard InChI is InChI=1S/C39H26Cl4F2N4O3S/c40-23-10-14-34(30(42)19-23)48-38-26-7-5-4-6-21(26)17-28(38)36(46-48)32(44)8-2-1-3-9-33(45)37-29-18-22-16-25(53(50,51)52)12-13-27(22)39(29)49(47-37)35-15-11-24(41)20-31(35)43/h4-16,19-20H,1-3,17-18H2,(H,50,51,52)/b32-8-,33-9-. The van der Waals surface area contributed by atoms with Crippen LogP contribution in [0.5, 0.6) is 0 Å². The summed E-state index contributed by atoms with van der Waals surface area (Å²) in [6, 6.07) is 22.0. The van der Waals surface area contributed by atoms with Crippen LogP contribution in [0.4, 0.5) is 8.78 Å². The largest absolute Gasteiger partial charge is 0.294 e. The summed E-state index contributed by atoms with van der Waals surface area (Å²) in [5.74, 6) is -1.08. The van der Waals surface area contributed by atoms with Crippen LogP contribution >= 0.6 is 46.4 Å². The number of allylic oxidation sites excluding steroid dienone is 2. The summed E-state index contributed by atoms with van der Waals surface area (Å²) < 4.78 is 68.4. The predicted octanol–water partition coefficient (Wildman–Crippen LogP) is 11.6. The van der Waals surface area contributed by atoms with Crippen LogP contribution < -0.4 is 0 Å². The molecule has 0 spiro atoms. The molecule has 0 radical (unpaired) electrons. The second kappa shape index (κ2) is 13.8. The molecule has 14 heteroatoms. The molecule has 53 heavy (non-hydrogen) atoms. The molecule has 4 aromatic carbocycles. The maximum absolute atomic E-state index is 16.0. The molecule has 2 aliphatic carbocycles. The smallest absolute Gasteiger partial charge is 0.282 e. The third-order valence-corrected chi connectivity index (χ3v) is 11.3. The first-order chi connectivity index (χ1) is 25.4. The Balaban J connectivity index is 1.06. The van der Waals surface area contributed by atoms with Gasteiger partial charge < -0.3 is 0 Å². The van der Waals surface area contributed by atoms with Gasteiger partial charge in [0.15, 0.2) is 0 Å². The summed E-state index contributed by atoms with van der Waals surface area (Å²) >= 11 is 25.4. The normalized spacial score (nSPS) is 13.6. The average Bonchev–Trinajstić information content (AvgIpc) is 3.86. The molecule has 268 valence electrons. The summed E-state index contributed by atoms with van der Waals surface area (Å²) in [7, 11) is -4.46. The van der Waals surface area contributed by atoms with Gasteiger partial charge in [0.25, 0.3) is 10.1 Å². The van der Waals surface area contributed by atoms with Gasteiger partial charge in [-0.3, -0.25) is 4.55 Å². The number of benzene rings is 4. The summed E-state index contributed by atoms with van der Waals surface area (Å²) in [6.45, 7) is 0. The third kappa shape index (κ3) is 6.51. The number of nitrogens with zero attached hydrogens (tertiary/aromatic N) is 4. The molecule has 0 unspecified atom stereocenters.